The van der Waals surface area contributed by atoms with Crippen molar-refractivity contribution in [2.24, 2.45) is 0 Å². The minimum absolute atomic E-state index is 0.150. The fourth-order valence-corrected chi connectivity index (χ4v) is 1.15. The molecule has 0 fully saturated rings. The van der Waals surface area contributed by atoms with E-state index in [0.717, 1.165) is 11.3 Å². The molecule has 1 N–H and O–H groups in total. The summed E-state index contributed by atoms with van der Waals surface area (Å²) in [5, 5.41) is 3.68. The first-order valence-corrected chi connectivity index (χ1v) is 4.06. The van der Waals surface area contributed by atoms with Crippen molar-refractivity contribution in [2.45, 2.75) is 6.18 Å². The molecule has 2 nitrogen and oxygen atoms in total. The molecule has 7 heteroatoms. The van der Waals surface area contributed by atoms with Gasteiger partial charge in [-0.05, 0) is 0 Å². The van der Waals surface area contributed by atoms with Crippen molar-refractivity contribution in [1.82, 2.24) is 4.98 Å². The van der Waals surface area contributed by atoms with Crippen molar-refractivity contribution in [3.63, 3.8) is 0 Å². The fourth-order valence-electron chi connectivity index (χ4n) is 0.453. The lowest BCUT2D eigenvalue weighted by Crippen LogP contribution is -2.27. The Balaban J connectivity index is 2.60. The number of hydrogen-bond donors (Lipinski definition) is 1. The second kappa shape index (κ2) is 3.36. The Morgan fingerprint density at radius 2 is 2.25 bits per heavy atom. The second-order valence-corrected chi connectivity index (χ2v) is 3.09. The molecule has 1 aromatic rings. The third-order valence-electron chi connectivity index (χ3n) is 0.910. The maximum atomic E-state index is 11.8. The number of anilines is 1. The Morgan fingerprint density at radius 3 is 2.67 bits per heavy atom. The average Bonchev–Trinajstić information content (AvgIpc) is 2.37. The van der Waals surface area contributed by atoms with Crippen molar-refractivity contribution in [3.8, 4) is 0 Å². The molecule has 0 spiro atoms. The molecule has 12 heavy (non-hydrogen) atoms. The van der Waals surface area contributed by atoms with E-state index < -0.39 is 11.2 Å². The number of halogens is 3. The lowest BCUT2D eigenvalue weighted by atomic mass is 10.6. The largest absolute Gasteiger partial charge is 0.441 e. The molecule has 0 aliphatic carbocycles. The van der Waals surface area contributed by atoms with Gasteiger partial charge in [-0.15, -0.1) is 11.3 Å². The van der Waals surface area contributed by atoms with Gasteiger partial charge in [-0.25, -0.2) is 4.98 Å². The summed E-state index contributed by atoms with van der Waals surface area (Å²) in [6.45, 7) is 0. The van der Waals surface area contributed by atoms with E-state index in [1.807, 2.05) is 5.32 Å². The number of thiocarbonyl (C=S) groups is 1. The zero-order valence-electron chi connectivity index (χ0n) is 5.55. The van der Waals surface area contributed by atoms with Crippen molar-refractivity contribution >= 4 is 33.7 Å². The van der Waals surface area contributed by atoms with Crippen molar-refractivity contribution in [2.75, 3.05) is 5.32 Å². The smallest absolute Gasteiger partial charge is 0.318 e. The van der Waals surface area contributed by atoms with Gasteiger partial charge < -0.3 is 5.32 Å². The number of hydrogen-bond acceptors (Lipinski definition) is 3. The van der Waals surface area contributed by atoms with E-state index in [-0.39, 0.29) is 5.13 Å². The van der Waals surface area contributed by atoms with Crippen LogP contribution in [0, 0.1) is 0 Å². The monoisotopic (exact) mass is 212 g/mol. The van der Waals surface area contributed by atoms with Gasteiger partial charge >= 0.3 is 6.18 Å². The lowest BCUT2D eigenvalue weighted by molar-refractivity contribution is -0.0562. The van der Waals surface area contributed by atoms with E-state index >= 15 is 0 Å². The number of nitrogens with zero attached hydrogens (tertiary/aromatic N) is 1. The normalized spacial score (nSPS) is 11.2. The molecule has 0 amide bonds. The summed E-state index contributed by atoms with van der Waals surface area (Å²) in [5.74, 6) is 0. The summed E-state index contributed by atoms with van der Waals surface area (Å²) in [6, 6.07) is 0. The van der Waals surface area contributed by atoms with Crippen LogP contribution in [0.4, 0.5) is 18.3 Å². The van der Waals surface area contributed by atoms with Gasteiger partial charge in [0.15, 0.2) is 10.1 Å². The van der Waals surface area contributed by atoms with Crippen LogP contribution in [-0.4, -0.2) is 16.1 Å². The first-order valence-electron chi connectivity index (χ1n) is 2.78. The Morgan fingerprint density at radius 1 is 1.58 bits per heavy atom. The van der Waals surface area contributed by atoms with E-state index in [2.05, 4.69) is 17.2 Å². The summed E-state index contributed by atoms with van der Waals surface area (Å²) in [6.07, 6.45) is -3.09. The van der Waals surface area contributed by atoms with Crippen molar-refractivity contribution in [3.05, 3.63) is 11.6 Å². The van der Waals surface area contributed by atoms with Gasteiger partial charge in [-0.1, -0.05) is 12.2 Å². The molecule has 0 unspecified atom stereocenters. The van der Waals surface area contributed by atoms with E-state index in [1.165, 1.54) is 6.20 Å². The van der Waals surface area contributed by atoms with Crippen LogP contribution in [0.2, 0.25) is 0 Å². The quantitative estimate of drug-likeness (QED) is 0.724. The Hall–Kier alpha value is -0.690. The number of thiazole rings is 1. The molecule has 1 rings (SSSR count). The molecule has 0 radical (unpaired) electrons. The maximum Gasteiger partial charge on any atom is 0.441 e. The number of aromatic nitrogens is 1. The van der Waals surface area contributed by atoms with E-state index in [9.17, 15) is 13.2 Å². The molecule has 0 bridgehead atoms. The third kappa shape index (κ3) is 2.42. The molecule has 1 aromatic heterocycles. The topological polar surface area (TPSA) is 24.9 Å². The standard InChI is InChI=1S/C5H3F3N2S2/c6-5(7,8)3(11)10-4-9-1-2-12-4/h1-2H,(H,9,10,11). The van der Waals surface area contributed by atoms with Crippen molar-refractivity contribution < 1.29 is 13.2 Å². The highest BCUT2D eigenvalue weighted by Gasteiger charge is 2.34. The van der Waals surface area contributed by atoms with Crippen LogP contribution in [0.5, 0.6) is 0 Å². The molecular weight excluding hydrogens is 209 g/mol. The van der Waals surface area contributed by atoms with Gasteiger partial charge in [0.2, 0.25) is 0 Å². The molecular formula is C5H3F3N2S2. The van der Waals surface area contributed by atoms with Gasteiger partial charge in [0.1, 0.15) is 0 Å². The van der Waals surface area contributed by atoms with Crippen LogP contribution < -0.4 is 5.32 Å². The average molecular weight is 212 g/mol. The molecule has 66 valence electrons. The second-order valence-electron chi connectivity index (χ2n) is 1.79. The predicted molar refractivity (Wildman–Crippen MR) is 44.4 cm³/mol. The Kier molecular flexibility index (Phi) is 2.63. The Bertz CT molecular complexity index is 267. The van der Waals surface area contributed by atoms with Gasteiger partial charge in [-0.3, -0.25) is 0 Å². The molecule has 0 aromatic carbocycles. The SMILES string of the molecule is FC(F)(F)C(=S)Nc1nccs1. The zero-order valence-corrected chi connectivity index (χ0v) is 7.19. The van der Waals surface area contributed by atoms with Crippen LogP contribution in [0.1, 0.15) is 0 Å². The van der Waals surface area contributed by atoms with Gasteiger partial charge in [-0.2, -0.15) is 13.2 Å². The van der Waals surface area contributed by atoms with Gasteiger partial charge in [0.25, 0.3) is 0 Å². The van der Waals surface area contributed by atoms with Crippen LogP contribution >= 0.6 is 23.6 Å². The number of nitrogens with one attached hydrogen (secondary N) is 1. The number of alkyl halides is 3. The minimum atomic E-state index is -4.49. The molecule has 0 saturated carbocycles. The highest BCUT2D eigenvalue weighted by Crippen LogP contribution is 2.20. The maximum absolute atomic E-state index is 11.8. The first kappa shape index (κ1) is 9.40. The summed E-state index contributed by atoms with van der Waals surface area (Å²) in [4.78, 5) is 2.42. The summed E-state index contributed by atoms with van der Waals surface area (Å²) >= 11 is 5.13. The van der Waals surface area contributed by atoms with Gasteiger partial charge in [0, 0.05) is 11.6 Å². The van der Waals surface area contributed by atoms with Gasteiger partial charge in [0.05, 0.1) is 0 Å². The molecule has 0 saturated heterocycles. The molecule has 0 aliphatic heterocycles. The third-order valence-corrected chi connectivity index (χ3v) is 1.93. The highest BCUT2D eigenvalue weighted by molar-refractivity contribution is 7.80. The van der Waals surface area contributed by atoms with Crippen LogP contribution in [0.15, 0.2) is 11.6 Å². The molecule has 1 heterocycles. The number of rotatable bonds is 1. The highest BCUT2D eigenvalue weighted by atomic mass is 32.1. The van der Waals surface area contributed by atoms with Crippen LogP contribution in [0.25, 0.3) is 0 Å². The van der Waals surface area contributed by atoms with Crippen molar-refractivity contribution in [1.29, 1.82) is 0 Å². The zero-order chi connectivity index (χ0) is 9.19. The van der Waals surface area contributed by atoms with E-state index in [1.54, 1.807) is 5.38 Å². The Labute approximate surface area is 75.4 Å². The minimum Gasteiger partial charge on any atom is -0.318 e. The summed E-state index contributed by atoms with van der Waals surface area (Å²) < 4.78 is 35.4. The molecule has 0 aliphatic rings. The first-order chi connectivity index (χ1) is 5.50. The molecule has 0 atom stereocenters. The van der Waals surface area contributed by atoms with Crippen LogP contribution in [0.3, 0.4) is 0 Å². The summed E-state index contributed by atoms with van der Waals surface area (Å²) in [5.41, 5.74) is 0. The lowest BCUT2D eigenvalue weighted by Gasteiger charge is -2.07. The van der Waals surface area contributed by atoms with E-state index in [4.69, 9.17) is 0 Å². The fraction of sp³-hybridized carbons (Fsp3) is 0.200. The predicted octanol–water partition coefficient (Wildman–Crippen LogP) is 2.44. The van der Waals surface area contributed by atoms with Crippen LogP contribution in [-0.2, 0) is 0 Å². The van der Waals surface area contributed by atoms with E-state index in [0.29, 0.717) is 0 Å². The summed E-state index contributed by atoms with van der Waals surface area (Å²) in [7, 11) is 0.